The third kappa shape index (κ3) is 12.5. The van der Waals surface area contributed by atoms with Gasteiger partial charge in [0.25, 0.3) is 0 Å². The largest absolute Gasteiger partial charge is 0.480 e. The number of rotatable bonds is 7. The molecule has 7 nitrogen and oxygen atoms in total. The molecule has 0 aliphatic rings. The van der Waals surface area contributed by atoms with Gasteiger partial charge in [-0.3, -0.25) is 4.79 Å². The molecule has 9 heteroatoms. The predicted molar refractivity (Wildman–Crippen MR) is 97.7 cm³/mol. The Balaban J connectivity index is -0.000000386. The van der Waals surface area contributed by atoms with Gasteiger partial charge in [0.05, 0.1) is 6.10 Å². The number of carboxylic acid groups (broad SMARTS) is 1. The molecule has 0 aromatic heterocycles. The van der Waals surface area contributed by atoms with Gasteiger partial charge in [0.1, 0.15) is 6.04 Å². The second-order valence-electron chi connectivity index (χ2n) is 5.06. The zero-order valence-corrected chi connectivity index (χ0v) is 15.3. The van der Waals surface area contributed by atoms with Gasteiger partial charge in [0.2, 0.25) is 0 Å². The molecule has 0 aliphatic heterocycles. The summed E-state index contributed by atoms with van der Waals surface area (Å²) < 4.78 is 0. The number of hydrogen-bond donors (Lipinski definition) is 5. The molecule has 0 saturated heterocycles. The second kappa shape index (κ2) is 15.6. The molecule has 0 heterocycles. The Hall–Kier alpha value is -0.930. The van der Waals surface area contributed by atoms with Crippen molar-refractivity contribution in [3.05, 3.63) is 34.9 Å². The quantitative estimate of drug-likeness (QED) is 0.466. The maximum atomic E-state index is 9.85. The summed E-state index contributed by atoms with van der Waals surface area (Å²) in [6.45, 7) is 4.44. The van der Waals surface area contributed by atoms with Crippen LogP contribution in [0.5, 0.6) is 0 Å². The van der Waals surface area contributed by atoms with Crippen molar-refractivity contribution < 1.29 is 25.6 Å². The Bertz CT molecular complexity index is 450. The van der Waals surface area contributed by atoms with Crippen LogP contribution >= 0.6 is 24.0 Å². The number of hydrogen-bond acceptors (Lipinski definition) is 5. The van der Waals surface area contributed by atoms with E-state index in [0.29, 0.717) is 17.6 Å². The number of benzene rings is 1. The van der Waals surface area contributed by atoms with Gasteiger partial charge in [-0.15, -0.1) is 12.4 Å². The zero-order chi connectivity index (χ0) is 17.1. The second-order valence-corrected chi connectivity index (χ2v) is 5.46. The van der Waals surface area contributed by atoms with Gasteiger partial charge in [-0.25, -0.2) is 0 Å². The molecule has 0 aliphatic carbocycles. The first-order chi connectivity index (χ1) is 10.3. The SMILES string of the molecule is CC(C)NCC(O)c1ccccc1Cl.Cl.NC(CCO)C(=O)O.O. The van der Waals surface area contributed by atoms with Gasteiger partial charge in [-0.05, 0) is 12.5 Å². The highest BCUT2D eigenvalue weighted by molar-refractivity contribution is 6.31. The lowest BCUT2D eigenvalue weighted by Crippen LogP contribution is -2.30. The van der Waals surface area contributed by atoms with Crippen molar-refractivity contribution in [3.8, 4) is 0 Å². The summed E-state index contributed by atoms with van der Waals surface area (Å²) in [6, 6.07) is 6.81. The van der Waals surface area contributed by atoms with E-state index >= 15 is 0 Å². The van der Waals surface area contributed by atoms with E-state index < -0.39 is 18.1 Å². The number of nitrogens with one attached hydrogen (secondary N) is 1. The van der Waals surface area contributed by atoms with Crippen molar-refractivity contribution in [3.63, 3.8) is 0 Å². The molecule has 0 spiro atoms. The minimum absolute atomic E-state index is 0. The van der Waals surface area contributed by atoms with Crippen molar-refractivity contribution in [1.82, 2.24) is 5.32 Å². The Labute approximate surface area is 153 Å². The van der Waals surface area contributed by atoms with Crippen LogP contribution < -0.4 is 11.1 Å². The Kier molecular flexibility index (Phi) is 18.1. The maximum absolute atomic E-state index is 9.85. The number of halogens is 2. The van der Waals surface area contributed by atoms with Crippen LogP contribution in [-0.4, -0.2) is 52.0 Å². The average molecular weight is 387 g/mol. The minimum Gasteiger partial charge on any atom is -0.480 e. The first kappa shape index (κ1) is 27.9. The zero-order valence-electron chi connectivity index (χ0n) is 13.8. The molecular weight excluding hydrogens is 359 g/mol. The number of aliphatic hydroxyl groups is 2. The number of carbonyl (C=O) groups is 1. The van der Waals surface area contributed by atoms with Crippen LogP contribution in [0, 0.1) is 0 Å². The molecule has 0 radical (unpaired) electrons. The lowest BCUT2D eigenvalue weighted by molar-refractivity contribution is -0.138. The first-order valence-electron chi connectivity index (χ1n) is 7.04. The normalized spacial score (nSPS) is 12.1. The Morgan fingerprint density at radius 2 is 1.88 bits per heavy atom. The minimum atomic E-state index is -1.07. The Morgan fingerprint density at radius 1 is 1.33 bits per heavy atom. The summed E-state index contributed by atoms with van der Waals surface area (Å²) in [6.07, 6.45) is -0.416. The molecule has 0 fully saturated rings. The standard InChI is InChI=1S/C11H16ClNO.C4H9NO3.ClH.H2O/c1-8(2)13-7-11(14)9-5-3-4-6-10(9)12;5-3(1-2-6)4(7)8;;/h3-6,8,11,13-14H,7H2,1-2H3;3,6H,1-2,5H2,(H,7,8);1H;1H2. The van der Waals surface area contributed by atoms with Gasteiger partial charge in [-0.1, -0.05) is 43.6 Å². The molecule has 0 amide bonds. The van der Waals surface area contributed by atoms with Crippen LogP contribution in [0.2, 0.25) is 5.02 Å². The first-order valence-corrected chi connectivity index (χ1v) is 7.42. The Morgan fingerprint density at radius 3 is 2.25 bits per heavy atom. The highest BCUT2D eigenvalue weighted by atomic mass is 35.5. The molecule has 1 rings (SSSR count). The summed E-state index contributed by atoms with van der Waals surface area (Å²) in [5.74, 6) is -1.07. The monoisotopic (exact) mass is 386 g/mol. The fraction of sp³-hybridized carbons (Fsp3) is 0.533. The van der Waals surface area contributed by atoms with E-state index in [4.69, 9.17) is 27.5 Å². The lowest BCUT2D eigenvalue weighted by atomic mass is 10.1. The van der Waals surface area contributed by atoms with Crippen LogP contribution in [0.1, 0.15) is 31.9 Å². The summed E-state index contributed by atoms with van der Waals surface area (Å²) in [4.78, 5) is 9.85. The van der Waals surface area contributed by atoms with E-state index in [-0.39, 0.29) is 30.9 Å². The number of aliphatic hydroxyl groups excluding tert-OH is 2. The van der Waals surface area contributed by atoms with Crippen molar-refractivity contribution in [1.29, 1.82) is 0 Å². The fourth-order valence-corrected chi connectivity index (χ4v) is 1.73. The van der Waals surface area contributed by atoms with E-state index in [0.717, 1.165) is 5.56 Å². The third-order valence-corrected chi connectivity index (χ3v) is 3.09. The van der Waals surface area contributed by atoms with E-state index in [1.54, 1.807) is 6.07 Å². The van der Waals surface area contributed by atoms with Crippen LogP contribution in [0.25, 0.3) is 0 Å². The molecular formula is C15H28Cl2N2O5. The van der Waals surface area contributed by atoms with Gasteiger partial charge >= 0.3 is 5.97 Å². The van der Waals surface area contributed by atoms with Crippen molar-refractivity contribution in [2.24, 2.45) is 5.73 Å². The van der Waals surface area contributed by atoms with Gasteiger partial charge in [0, 0.05) is 29.8 Å². The maximum Gasteiger partial charge on any atom is 0.320 e. The average Bonchev–Trinajstić information content (AvgIpc) is 2.46. The molecule has 8 N–H and O–H groups in total. The van der Waals surface area contributed by atoms with Crippen molar-refractivity contribution in [2.75, 3.05) is 13.2 Å². The molecule has 0 bridgehead atoms. The third-order valence-electron chi connectivity index (χ3n) is 2.74. The molecule has 1 aromatic carbocycles. The van der Waals surface area contributed by atoms with Crippen LogP contribution in [-0.2, 0) is 4.79 Å². The predicted octanol–water partition coefficient (Wildman–Crippen LogP) is 0.749. The summed E-state index contributed by atoms with van der Waals surface area (Å²) in [5, 5.41) is 29.8. The van der Waals surface area contributed by atoms with Crippen LogP contribution in [0.4, 0.5) is 0 Å². The van der Waals surface area contributed by atoms with Crippen molar-refractivity contribution in [2.45, 2.75) is 38.5 Å². The summed E-state index contributed by atoms with van der Waals surface area (Å²) >= 11 is 5.95. The van der Waals surface area contributed by atoms with Crippen LogP contribution in [0.3, 0.4) is 0 Å². The molecule has 0 saturated carbocycles. The number of aliphatic carboxylic acids is 1. The highest BCUT2D eigenvalue weighted by Crippen LogP contribution is 2.21. The topological polar surface area (TPSA) is 147 Å². The van der Waals surface area contributed by atoms with Gasteiger partial charge in [-0.2, -0.15) is 0 Å². The molecule has 24 heavy (non-hydrogen) atoms. The van der Waals surface area contributed by atoms with Crippen LogP contribution in [0.15, 0.2) is 24.3 Å². The lowest BCUT2D eigenvalue weighted by Gasteiger charge is -2.15. The highest BCUT2D eigenvalue weighted by Gasteiger charge is 2.10. The van der Waals surface area contributed by atoms with Crippen molar-refractivity contribution >= 4 is 30.0 Å². The van der Waals surface area contributed by atoms with Gasteiger partial charge in [0.15, 0.2) is 0 Å². The number of carboxylic acids is 1. The molecule has 1 aromatic rings. The summed E-state index contributed by atoms with van der Waals surface area (Å²) in [5.41, 5.74) is 5.75. The number of nitrogens with two attached hydrogens (primary N) is 1. The smallest absolute Gasteiger partial charge is 0.320 e. The summed E-state index contributed by atoms with van der Waals surface area (Å²) in [7, 11) is 0. The van der Waals surface area contributed by atoms with Gasteiger partial charge < -0.3 is 31.8 Å². The van der Waals surface area contributed by atoms with E-state index in [2.05, 4.69) is 5.32 Å². The van der Waals surface area contributed by atoms with E-state index in [1.807, 2.05) is 32.0 Å². The molecule has 2 unspecified atom stereocenters. The molecule has 2 atom stereocenters. The molecule has 142 valence electrons. The van der Waals surface area contributed by atoms with E-state index in [9.17, 15) is 9.90 Å². The van der Waals surface area contributed by atoms with E-state index in [1.165, 1.54) is 0 Å². The fourth-order valence-electron chi connectivity index (χ4n) is 1.47.